The van der Waals surface area contributed by atoms with E-state index in [9.17, 15) is 0 Å². The Morgan fingerprint density at radius 2 is 1.94 bits per heavy atom. The molecular weight excluding hydrogens is 388 g/mol. The summed E-state index contributed by atoms with van der Waals surface area (Å²) < 4.78 is 7.56. The van der Waals surface area contributed by atoms with Crippen LogP contribution in [0.2, 0.25) is 0 Å². The van der Waals surface area contributed by atoms with E-state index >= 15 is 0 Å². The molecule has 0 spiro atoms. The van der Waals surface area contributed by atoms with Gasteiger partial charge in [-0.2, -0.15) is 0 Å². The van der Waals surface area contributed by atoms with Crippen LogP contribution in [0.4, 0.5) is 5.69 Å². The second kappa shape index (κ2) is 8.39. The predicted molar refractivity (Wildman–Crippen MR) is 121 cm³/mol. The topological polar surface area (TPSA) is 81.7 Å². The highest BCUT2D eigenvalue weighted by atomic mass is 16.4. The Bertz CT molecular complexity index is 1280. The Morgan fingerprint density at radius 3 is 2.71 bits per heavy atom. The summed E-state index contributed by atoms with van der Waals surface area (Å²) in [6, 6.07) is 14.9. The van der Waals surface area contributed by atoms with Gasteiger partial charge in [-0.3, -0.25) is 4.98 Å². The van der Waals surface area contributed by atoms with E-state index in [0.29, 0.717) is 5.89 Å². The third-order valence-electron chi connectivity index (χ3n) is 5.30. The molecule has 7 nitrogen and oxygen atoms in total. The molecule has 2 aromatic carbocycles. The highest BCUT2D eigenvalue weighted by Gasteiger charge is 2.15. The zero-order valence-electron chi connectivity index (χ0n) is 17.2. The van der Waals surface area contributed by atoms with Crippen LogP contribution in [0.25, 0.3) is 33.5 Å². The Balaban J connectivity index is 1.52. The van der Waals surface area contributed by atoms with Gasteiger partial charge in [0, 0.05) is 37.1 Å². The lowest BCUT2D eigenvalue weighted by molar-refractivity contribution is 0.568. The van der Waals surface area contributed by atoms with Crippen molar-refractivity contribution in [2.75, 3.05) is 11.9 Å². The van der Waals surface area contributed by atoms with Crippen LogP contribution >= 0.6 is 0 Å². The van der Waals surface area contributed by atoms with Gasteiger partial charge >= 0.3 is 0 Å². The molecule has 1 N–H and O–H groups in total. The molecule has 7 heteroatoms. The molecule has 0 fully saturated rings. The van der Waals surface area contributed by atoms with Crippen molar-refractivity contribution in [3.63, 3.8) is 0 Å². The number of pyridine rings is 1. The van der Waals surface area contributed by atoms with Crippen LogP contribution in [0.1, 0.15) is 12.0 Å². The first kappa shape index (κ1) is 19.0. The van der Waals surface area contributed by atoms with Crippen molar-refractivity contribution in [2.45, 2.75) is 19.9 Å². The Labute approximate surface area is 179 Å². The largest absolute Gasteiger partial charge is 0.423 e. The van der Waals surface area contributed by atoms with Crippen molar-refractivity contribution < 1.29 is 4.42 Å². The zero-order chi connectivity index (χ0) is 21.0. The van der Waals surface area contributed by atoms with Crippen LogP contribution in [-0.2, 0) is 6.54 Å². The zero-order valence-corrected chi connectivity index (χ0v) is 17.2. The van der Waals surface area contributed by atoms with E-state index in [0.717, 1.165) is 47.2 Å². The fourth-order valence-electron chi connectivity index (χ4n) is 3.66. The second-order valence-electron chi connectivity index (χ2n) is 7.47. The lowest BCUT2D eigenvalue weighted by Gasteiger charge is -2.14. The average Bonchev–Trinajstić information content (AvgIpc) is 3.51. The number of imidazole rings is 1. The minimum absolute atomic E-state index is 0.451. The van der Waals surface area contributed by atoms with Crippen LogP contribution in [0.3, 0.4) is 0 Å². The second-order valence-corrected chi connectivity index (χ2v) is 7.47. The van der Waals surface area contributed by atoms with Crippen molar-refractivity contribution >= 4 is 16.6 Å². The number of aromatic nitrogens is 5. The van der Waals surface area contributed by atoms with Crippen molar-refractivity contribution in [2.24, 2.45) is 0 Å². The maximum atomic E-state index is 5.49. The van der Waals surface area contributed by atoms with Gasteiger partial charge < -0.3 is 14.3 Å². The maximum Gasteiger partial charge on any atom is 0.251 e. The van der Waals surface area contributed by atoms with Gasteiger partial charge in [0.2, 0.25) is 6.39 Å². The molecule has 0 aliphatic rings. The van der Waals surface area contributed by atoms with E-state index in [4.69, 9.17) is 4.42 Å². The van der Waals surface area contributed by atoms with Gasteiger partial charge in [-0.25, -0.2) is 4.98 Å². The SMILES string of the molecule is Cc1ccc(-c2ccc3ncc(-c4nnco4)c(NCCCn4ccnc4)c3c2)cc1. The first-order valence-corrected chi connectivity index (χ1v) is 10.2. The van der Waals surface area contributed by atoms with Crippen molar-refractivity contribution in [3.8, 4) is 22.6 Å². The Kier molecular flexibility index (Phi) is 5.14. The summed E-state index contributed by atoms with van der Waals surface area (Å²) in [5, 5.41) is 12.6. The molecule has 154 valence electrons. The molecule has 0 amide bonds. The van der Waals surface area contributed by atoms with Crippen LogP contribution in [0, 0.1) is 6.92 Å². The molecular formula is C24H22N6O. The monoisotopic (exact) mass is 410 g/mol. The molecule has 0 saturated carbocycles. The van der Waals surface area contributed by atoms with E-state index in [2.05, 4.69) is 79.4 Å². The third-order valence-corrected chi connectivity index (χ3v) is 5.30. The van der Waals surface area contributed by atoms with E-state index in [1.54, 1.807) is 12.4 Å². The molecule has 0 unspecified atom stereocenters. The smallest absolute Gasteiger partial charge is 0.251 e. The van der Waals surface area contributed by atoms with Gasteiger partial charge in [-0.05, 0) is 36.6 Å². The first-order valence-electron chi connectivity index (χ1n) is 10.2. The number of nitrogens with one attached hydrogen (secondary N) is 1. The van der Waals surface area contributed by atoms with Crippen LogP contribution in [0.15, 0.2) is 78.2 Å². The summed E-state index contributed by atoms with van der Waals surface area (Å²) in [4.78, 5) is 8.73. The highest BCUT2D eigenvalue weighted by Crippen LogP contribution is 2.35. The molecule has 0 saturated heterocycles. The van der Waals surface area contributed by atoms with Gasteiger partial charge in [-0.1, -0.05) is 35.9 Å². The average molecular weight is 410 g/mol. The van der Waals surface area contributed by atoms with E-state index < -0.39 is 0 Å². The number of anilines is 1. The van der Waals surface area contributed by atoms with Gasteiger partial charge in [0.15, 0.2) is 0 Å². The Hall–Kier alpha value is -4.00. The number of benzene rings is 2. The van der Waals surface area contributed by atoms with E-state index in [1.807, 2.05) is 12.5 Å². The van der Waals surface area contributed by atoms with Crippen LogP contribution in [-0.4, -0.2) is 31.3 Å². The molecule has 0 aliphatic carbocycles. The minimum atomic E-state index is 0.451. The summed E-state index contributed by atoms with van der Waals surface area (Å²) in [7, 11) is 0. The van der Waals surface area contributed by atoms with Crippen molar-refractivity contribution in [1.82, 2.24) is 24.7 Å². The van der Waals surface area contributed by atoms with Crippen molar-refractivity contribution in [3.05, 3.63) is 79.3 Å². The quantitative estimate of drug-likeness (QED) is 0.382. The molecule has 3 aromatic heterocycles. The normalized spacial score (nSPS) is 11.1. The van der Waals surface area contributed by atoms with Gasteiger partial charge in [0.1, 0.15) is 0 Å². The summed E-state index contributed by atoms with van der Waals surface area (Å²) in [5.74, 6) is 0.451. The molecule has 0 bridgehead atoms. The molecule has 31 heavy (non-hydrogen) atoms. The number of hydrogen-bond donors (Lipinski definition) is 1. The van der Waals surface area contributed by atoms with Crippen molar-refractivity contribution in [1.29, 1.82) is 0 Å². The summed E-state index contributed by atoms with van der Waals surface area (Å²) >= 11 is 0. The molecule has 0 radical (unpaired) electrons. The number of aryl methyl sites for hydroxylation is 2. The first-order chi connectivity index (χ1) is 15.3. The summed E-state index contributed by atoms with van der Waals surface area (Å²) in [5.41, 5.74) is 6.21. The number of hydrogen-bond acceptors (Lipinski definition) is 6. The number of rotatable bonds is 7. The Morgan fingerprint density at radius 1 is 1.06 bits per heavy atom. The van der Waals surface area contributed by atoms with Gasteiger partial charge in [0.25, 0.3) is 5.89 Å². The van der Waals surface area contributed by atoms with Crippen LogP contribution in [0.5, 0.6) is 0 Å². The molecule has 3 heterocycles. The fourth-order valence-corrected chi connectivity index (χ4v) is 3.66. The van der Waals surface area contributed by atoms with E-state index in [1.165, 1.54) is 17.5 Å². The maximum absolute atomic E-state index is 5.49. The van der Waals surface area contributed by atoms with Crippen LogP contribution < -0.4 is 5.32 Å². The highest BCUT2D eigenvalue weighted by molar-refractivity contribution is 6.00. The molecule has 5 rings (SSSR count). The lowest BCUT2D eigenvalue weighted by atomic mass is 10.0. The standard InChI is InChI=1S/C24H22N6O/c1-17-3-5-18(6-4-17)19-7-8-22-20(13-19)23(21(14-27-22)24-29-28-16-31-24)26-9-2-11-30-12-10-25-15-30/h3-8,10,12-16H,2,9,11H2,1H3,(H,26,27). The third kappa shape index (κ3) is 4.02. The number of fused-ring (bicyclic) bond motifs is 1. The molecule has 5 aromatic rings. The summed E-state index contributed by atoms with van der Waals surface area (Å²) in [6.07, 6.45) is 9.68. The lowest BCUT2D eigenvalue weighted by Crippen LogP contribution is -2.07. The minimum Gasteiger partial charge on any atom is -0.423 e. The fraction of sp³-hybridized carbons (Fsp3) is 0.167. The predicted octanol–water partition coefficient (Wildman–Crippen LogP) is 4.96. The van der Waals surface area contributed by atoms with Gasteiger partial charge in [-0.15, -0.1) is 10.2 Å². The van der Waals surface area contributed by atoms with E-state index in [-0.39, 0.29) is 0 Å². The van der Waals surface area contributed by atoms with Gasteiger partial charge in [0.05, 0.1) is 23.1 Å². The summed E-state index contributed by atoms with van der Waals surface area (Å²) in [6.45, 7) is 3.77. The molecule has 0 atom stereocenters. The molecule has 0 aliphatic heterocycles. The number of nitrogens with zero attached hydrogens (tertiary/aromatic N) is 5.